The third-order valence-electron chi connectivity index (χ3n) is 2.74. The molecule has 0 aromatic heterocycles. The molecule has 0 aliphatic heterocycles. The van der Waals surface area contributed by atoms with Crippen LogP contribution in [0.15, 0.2) is 36.4 Å². The number of rotatable bonds is 0. The summed E-state index contributed by atoms with van der Waals surface area (Å²) < 4.78 is 1.56. The minimum Gasteiger partial charge on any atom is -0.273 e. The van der Waals surface area contributed by atoms with Crippen LogP contribution in [0.1, 0.15) is 44.2 Å². The second-order valence-corrected chi connectivity index (χ2v) is 8.38. The molecule has 2 aliphatic rings. The van der Waals surface area contributed by atoms with Gasteiger partial charge in [0.05, 0.1) is 0 Å². The Labute approximate surface area is 159 Å². The molecule has 110 valence electrons. The Bertz CT molecular complexity index is 382. The first-order valence-electron chi connectivity index (χ1n) is 6.67. The maximum Gasteiger partial charge on any atom is -0.0512 e. The molecule has 0 saturated carbocycles. The number of halogens is 2. The van der Waals surface area contributed by atoms with Gasteiger partial charge in [-0.25, -0.2) is 18.2 Å². The second kappa shape index (κ2) is 14.5. The van der Waals surface area contributed by atoms with Gasteiger partial charge >= 0.3 is 41.0 Å². The average Bonchev–Trinajstić information content (AvgIpc) is 3.03. The van der Waals surface area contributed by atoms with Crippen LogP contribution in [0.5, 0.6) is 0 Å². The van der Waals surface area contributed by atoms with Gasteiger partial charge in [-0.1, -0.05) is 25.7 Å². The summed E-state index contributed by atoms with van der Waals surface area (Å²) in [5.41, 5.74) is 3.20. The largest absolute Gasteiger partial charge is 0.273 e. The molecule has 0 heterocycles. The van der Waals surface area contributed by atoms with E-state index in [1.807, 2.05) is 12.2 Å². The van der Waals surface area contributed by atoms with Crippen molar-refractivity contribution in [1.82, 2.24) is 0 Å². The zero-order chi connectivity index (χ0) is 13.2. The van der Waals surface area contributed by atoms with Gasteiger partial charge in [-0.05, 0) is 0 Å². The van der Waals surface area contributed by atoms with Crippen LogP contribution in [0, 0.1) is 6.08 Å². The fourth-order valence-corrected chi connectivity index (χ4v) is 1.95. The molecule has 3 rings (SSSR count). The minimum absolute atomic E-state index is 0. The Kier molecular flexibility index (Phi) is 16.5. The van der Waals surface area contributed by atoms with Gasteiger partial charge in [0.2, 0.25) is 0 Å². The van der Waals surface area contributed by atoms with Gasteiger partial charge in [0.15, 0.2) is 0 Å². The van der Waals surface area contributed by atoms with Gasteiger partial charge in [-0.15, -0.1) is 40.4 Å². The number of allylic oxidation sites excluding steroid dienone is 4. The molecule has 0 fully saturated rings. The van der Waals surface area contributed by atoms with Crippen molar-refractivity contribution >= 4 is 37.2 Å². The standard InChI is InChI=1S/C9H11.C5H5.C3H6.2BrH.Hf/c1-2-5-9-7-3-6-8(9)4-1;1-2-4-5-3-1;1-3-2;;;/h3,6-7H,1-2,4-5H2;1-3H,4H2;1-2H3;2*1H;/q2*-1;;;;+2. The van der Waals surface area contributed by atoms with Crippen molar-refractivity contribution < 1.29 is 23.9 Å². The van der Waals surface area contributed by atoms with Crippen molar-refractivity contribution in [2.75, 3.05) is 0 Å². The van der Waals surface area contributed by atoms with Crippen molar-refractivity contribution in [3.05, 3.63) is 53.6 Å². The van der Waals surface area contributed by atoms with E-state index in [9.17, 15) is 0 Å². The molecule has 0 amide bonds. The van der Waals surface area contributed by atoms with Gasteiger partial charge in [0, 0.05) is 0 Å². The average molecular weight is 567 g/mol. The Morgan fingerprint density at radius 3 is 2.30 bits per heavy atom. The fourth-order valence-electron chi connectivity index (χ4n) is 1.95. The first kappa shape index (κ1) is 22.8. The molecular weight excluding hydrogens is 542 g/mol. The van der Waals surface area contributed by atoms with Crippen molar-refractivity contribution in [3.8, 4) is 0 Å². The molecule has 20 heavy (non-hydrogen) atoms. The van der Waals surface area contributed by atoms with Gasteiger partial charge in [0.25, 0.3) is 0 Å². The monoisotopic (exact) mass is 566 g/mol. The second-order valence-electron chi connectivity index (χ2n) is 4.79. The van der Waals surface area contributed by atoms with E-state index in [1.54, 1.807) is 14.4 Å². The van der Waals surface area contributed by atoms with Crippen molar-refractivity contribution in [3.63, 3.8) is 0 Å². The van der Waals surface area contributed by atoms with Crippen LogP contribution in [0.25, 0.3) is 0 Å². The predicted octanol–water partition coefficient (Wildman–Crippen LogP) is 5.49. The number of hydrogen-bond donors (Lipinski definition) is 0. The summed E-state index contributed by atoms with van der Waals surface area (Å²) >= 11 is 1.27. The molecule has 0 nitrogen and oxygen atoms in total. The fraction of sp³-hybridized carbons (Fsp3) is 0.412. The van der Waals surface area contributed by atoms with Crippen LogP contribution in [-0.2, 0) is 36.7 Å². The molecule has 0 bridgehead atoms. The topological polar surface area (TPSA) is 0 Å². The number of fused-ring (bicyclic) bond motifs is 1. The number of hydrogen-bond acceptors (Lipinski definition) is 0. The molecule has 0 spiro atoms. The first-order valence-corrected chi connectivity index (χ1v) is 8.46. The SMILES string of the molecule is Br.Br.C[C](C)=[Hf+2].[C-]1=CC=CC1.c1cc2c([cH-]1)CCCC2. The predicted molar refractivity (Wildman–Crippen MR) is 97.2 cm³/mol. The molecule has 2 aliphatic carbocycles. The molecule has 0 N–H and O–H groups in total. The smallest absolute Gasteiger partial charge is 0.0512 e. The van der Waals surface area contributed by atoms with Gasteiger partial charge in [-0.3, -0.25) is 6.08 Å². The van der Waals surface area contributed by atoms with E-state index in [0.29, 0.717) is 0 Å². The van der Waals surface area contributed by atoms with Crippen LogP contribution in [0.2, 0.25) is 0 Å². The molecule has 0 saturated heterocycles. The summed E-state index contributed by atoms with van der Waals surface area (Å²) in [7, 11) is 0. The Morgan fingerprint density at radius 1 is 1.20 bits per heavy atom. The first-order chi connectivity index (χ1) is 8.70. The maximum atomic E-state index is 2.99. The van der Waals surface area contributed by atoms with Crippen LogP contribution in [0.3, 0.4) is 0 Å². The molecule has 3 heteroatoms. The van der Waals surface area contributed by atoms with E-state index in [0.717, 1.165) is 6.42 Å². The summed E-state index contributed by atoms with van der Waals surface area (Å²) in [6.45, 7) is 4.29. The molecule has 0 atom stereocenters. The van der Waals surface area contributed by atoms with Gasteiger partial charge < -0.3 is 0 Å². The van der Waals surface area contributed by atoms with Crippen LogP contribution >= 0.6 is 34.0 Å². The zero-order valence-electron chi connectivity index (χ0n) is 12.3. The molecule has 0 unspecified atom stereocenters. The maximum absolute atomic E-state index is 2.99. The van der Waals surface area contributed by atoms with Crippen molar-refractivity contribution in [2.45, 2.75) is 46.0 Å². The van der Waals surface area contributed by atoms with Crippen LogP contribution < -0.4 is 0 Å². The van der Waals surface area contributed by atoms with E-state index < -0.39 is 0 Å². The van der Waals surface area contributed by atoms with Crippen molar-refractivity contribution in [2.24, 2.45) is 0 Å². The summed E-state index contributed by atoms with van der Waals surface area (Å²) in [5.74, 6) is 0. The van der Waals surface area contributed by atoms with E-state index in [2.05, 4.69) is 44.2 Å². The molecule has 1 aromatic rings. The summed E-state index contributed by atoms with van der Waals surface area (Å²) in [6, 6.07) is 6.69. The molecular formula is C17H24Br2Hf. The normalized spacial score (nSPS) is 13.6. The molecule has 0 radical (unpaired) electrons. The number of aryl methyl sites for hydroxylation is 2. The zero-order valence-corrected chi connectivity index (χ0v) is 19.3. The Hall–Kier alpha value is 0.530. The van der Waals surface area contributed by atoms with E-state index >= 15 is 0 Å². The van der Waals surface area contributed by atoms with Gasteiger partial charge in [0.1, 0.15) is 0 Å². The van der Waals surface area contributed by atoms with E-state index in [-0.39, 0.29) is 34.0 Å². The third-order valence-corrected chi connectivity index (χ3v) is 2.74. The molecule has 1 aromatic carbocycles. The Balaban J connectivity index is 0. The van der Waals surface area contributed by atoms with Crippen LogP contribution in [-0.4, -0.2) is 3.26 Å². The Morgan fingerprint density at radius 2 is 1.85 bits per heavy atom. The minimum atomic E-state index is 0. The summed E-state index contributed by atoms with van der Waals surface area (Å²) in [5, 5.41) is 0. The van der Waals surface area contributed by atoms with Crippen LogP contribution in [0.4, 0.5) is 0 Å². The summed E-state index contributed by atoms with van der Waals surface area (Å²) in [6.07, 6.45) is 15.4. The van der Waals surface area contributed by atoms with E-state index in [4.69, 9.17) is 0 Å². The van der Waals surface area contributed by atoms with Gasteiger partial charge in [-0.2, -0.15) is 29.3 Å². The van der Waals surface area contributed by atoms with E-state index in [1.165, 1.54) is 49.6 Å². The quantitative estimate of drug-likeness (QED) is 0.288. The summed E-state index contributed by atoms with van der Waals surface area (Å²) in [4.78, 5) is 0. The third kappa shape index (κ3) is 11.2. The van der Waals surface area contributed by atoms with Crippen molar-refractivity contribution in [1.29, 1.82) is 0 Å².